The number of hydrogen-bond donors (Lipinski definition) is 0. The van der Waals surface area contributed by atoms with E-state index >= 15 is 0 Å². The van der Waals surface area contributed by atoms with E-state index < -0.39 is 0 Å². The number of allylic oxidation sites excluding steroid dienone is 4. The molecule has 1 heteroatoms. The Bertz CT molecular complexity index is 708. The molecule has 0 aromatic heterocycles. The second-order valence-corrected chi connectivity index (χ2v) is 10.3. The largest absolute Gasteiger partial charge is 0.375 e. The van der Waals surface area contributed by atoms with Gasteiger partial charge in [0.1, 0.15) is 0 Å². The van der Waals surface area contributed by atoms with Crippen LogP contribution in [-0.4, -0.2) is 18.0 Å². The Balaban J connectivity index is 2.05. The highest BCUT2D eigenvalue weighted by molar-refractivity contribution is 5.35. The third-order valence-corrected chi connectivity index (χ3v) is 6.76. The Hall–Kier alpha value is -1.76. The molecule has 1 atom stereocenters. The average Bonchev–Trinajstić information content (AvgIpc) is 2.70. The average molecular weight is 394 g/mol. The minimum absolute atomic E-state index is 0.113. The van der Waals surface area contributed by atoms with Crippen molar-refractivity contribution in [1.29, 1.82) is 0 Å². The molecule has 1 saturated heterocycles. The minimum atomic E-state index is 0.113. The van der Waals surface area contributed by atoms with Crippen molar-refractivity contribution in [3.8, 4) is 0 Å². The van der Waals surface area contributed by atoms with Gasteiger partial charge in [0, 0.05) is 30.1 Å². The number of piperidine rings is 1. The Morgan fingerprint density at radius 1 is 1.10 bits per heavy atom. The first-order valence-corrected chi connectivity index (χ1v) is 11.4. The maximum Gasteiger partial charge on any atom is 0.0190 e. The fraction of sp³-hybridized carbons (Fsp3) is 0.571. The lowest BCUT2D eigenvalue weighted by molar-refractivity contribution is 0.198. The van der Waals surface area contributed by atoms with Crippen LogP contribution in [0.2, 0.25) is 0 Å². The molecule has 0 spiro atoms. The summed E-state index contributed by atoms with van der Waals surface area (Å²) in [6, 6.07) is 11.0. The van der Waals surface area contributed by atoms with E-state index in [4.69, 9.17) is 0 Å². The molecule has 0 amide bonds. The van der Waals surface area contributed by atoms with E-state index in [2.05, 4.69) is 96.0 Å². The van der Waals surface area contributed by atoms with E-state index in [9.17, 15) is 0 Å². The van der Waals surface area contributed by atoms with E-state index in [0.717, 1.165) is 45.2 Å². The molecule has 1 aliphatic rings. The zero-order valence-corrected chi connectivity index (χ0v) is 19.9. The Labute approximate surface area is 180 Å². The first kappa shape index (κ1) is 23.5. The normalized spacial score (nSPS) is 18.4. The van der Waals surface area contributed by atoms with Crippen molar-refractivity contribution in [3.05, 3.63) is 72.0 Å². The summed E-state index contributed by atoms with van der Waals surface area (Å²) in [6.07, 6.45) is 8.12. The van der Waals surface area contributed by atoms with Crippen molar-refractivity contribution in [1.82, 2.24) is 4.90 Å². The number of hydrogen-bond acceptors (Lipinski definition) is 1. The highest BCUT2D eigenvalue weighted by atomic mass is 15.1. The molecule has 0 bridgehead atoms. The Kier molecular flexibility index (Phi) is 7.97. The zero-order chi connectivity index (χ0) is 21.7. The van der Waals surface area contributed by atoms with E-state index in [1.54, 1.807) is 0 Å². The van der Waals surface area contributed by atoms with Gasteiger partial charge < -0.3 is 4.90 Å². The van der Waals surface area contributed by atoms with E-state index in [0.29, 0.717) is 11.3 Å². The maximum absolute atomic E-state index is 4.55. The summed E-state index contributed by atoms with van der Waals surface area (Å²) >= 11 is 0. The van der Waals surface area contributed by atoms with Gasteiger partial charge in [0.25, 0.3) is 0 Å². The van der Waals surface area contributed by atoms with Gasteiger partial charge in [-0.2, -0.15) is 0 Å². The topological polar surface area (TPSA) is 3.24 Å². The predicted molar refractivity (Wildman–Crippen MR) is 129 cm³/mol. The number of nitrogens with zero attached hydrogens (tertiary/aromatic N) is 1. The van der Waals surface area contributed by atoms with Gasteiger partial charge in [-0.1, -0.05) is 88.4 Å². The summed E-state index contributed by atoms with van der Waals surface area (Å²) in [4.78, 5) is 2.55. The highest BCUT2D eigenvalue weighted by Gasteiger charge is 2.37. The van der Waals surface area contributed by atoms with Crippen LogP contribution in [0.15, 0.2) is 66.4 Å². The molecule has 29 heavy (non-hydrogen) atoms. The van der Waals surface area contributed by atoms with Crippen LogP contribution in [0.4, 0.5) is 0 Å². The summed E-state index contributed by atoms with van der Waals surface area (Å²) in [5.74, 6) is 0.542. The van der Waals surface area contributed by atoms with Gasteiger partial charge in [0.15, 0.2) is 0 Å². The van der Waals surface area contributed by atoms with Crippen molar-refractivity contribution >= 4 is 0 Å². The lowest BCUT2D eigenvalue weighted by Crippen LogP contribution is -2.43. The van der Waals surface area contributed by atoms with Gasteiger partial charge in [-0.05, 0) is 56.9 Å². The summed E-state index contributed by atoms with van der Waals surface area (Å²) < 4.78 is 0. The molecule has 0 unspecified atom stereocenters. The smallest absolute Gasteiger partial charge is 0.0190 e. The van der Waals surface area contributed by atoms with Crippen LogP contribution in [0.25, 0.3) is 0 Å². The van der Waals surface area contributed by atoms with Crippen molar-refractivity contribution in [2.45, 2.75) is 79.1 Å². The van der Waals surface area contributed by atoms with Crippen LogP contribution >= 0.6 is 0 Å². The van der Waals surface area contributed by atoms with Crippen molar-refractivity contribution in [3.63, 3.8) is 0 Å². The lowest BCUT2D eigenvalue weighted by Gasteiger charge is -2.45. The first-order valence-electron chi connectivity index (χ1n) is 11.4. The lowest BCUT2D eigenvalue weighted by atomic mass is 9.68. The van der Waals surface area contributed by atoms with Crippen LogP contribution in [-0.2, 0) is 5.41 Å². The van der Waals surface area contributed by atoms with Gasteiger partial charge in [0.05, 0.1) is 0 Å². The zero-order valence-electron chi connectivity index (χ0n) is 19.9. The predicted octanol–water partition coefficient (Wildman–Crippen LogP) is 7.91. The van der Waals surface area contributed by atoms with E-state index in [1.165, 1.54) is 22.4 Å². The molecule has 1 nitrogen and oxygen atoms in total. The fourth-order valence-corrected chi connectivity index (χ4v) is 4.60. The quantitative estimate of drug-likeness (QED) is 0.406. The summed E-state index contributed by atoms with van der Waals surface area (Å²) in [5.41, 5.74) is 6.02. The third kappa shape index (κ3) is 6.11. The third-order valence-electron chi connectivity index (χ3n) is 6.76. The summed E-state index contributed by atoms with van der Waals surface area (Å²) in [6.45, 7) is 24.8. The molecular weight excluding hydrogens is 350 g/mol. The number of benzene rings is 1. The van der Waals surface area contributed by atoms with Gasteiger partial charge in [-0.3, -0.25) is 0 Å². The molecule has 160 valence electrons. The molecular formula is C28H43N. The first-order chi connectivity index (χ1) is 13.6. The SMILES string of the molecule is C=C([C@@H](CC)C/C(C)=C/CC(C)(C)C)N1CCC(C(=C)C)(c2ccccc2)CC1. The van der Waals surface area contributed by atoms with Gasteiger partial charge in [0.2, 0.25) is 0 Å². The molecule has 0 radical (unpaired) electrons. The van der Waals surface area contributed by atoms with Crippen molar-refractivity contribution in [2.24, 2.45) is 11.3 Å². The molecule has 1 fully saturated rings. The number of likely N-dealkylation sites (tertiary alicyclic amines) is 1. The van der Waals surface area contributed by atoms with Crippen LogP contribution in [0.5, 0.6) is 0 Å². The maximum atomic E-state index is 4.55. The molecule has 1 aromatic rings. The molecule has 1 aromatic carbocycles. The van der Waals surface area contributed by atoms with Crippen LogP contribution in [0, 0.1) is 11.3 Å². The van der Waals surface area contributed by atoms with Crippen LogP contribution < -0.4 is 0 Å². The minimum Gasteiger partial charge on any atom is -0.375 e. The monoisotopic (exact) mass is 393 g/mol. The Morgan fingerprint density at radius 2 is 1.69 bits per heavy atom. The summed E-state index contributed by atoms with van der Waals surface area (Å²) in [7, 11) is 0. The molecule has 1 heterocycles. The van der Waals surface area contributed by atoms with Gasteiger partial charge in [-0.25, -0.2) is 0 Å². The number of rotatable bonds is 8. The molecule has 0 N–H and O–H groups in total. The second-order valence-electron chi connectivity index (χ2n) is 10.3. The van der Waals surface area contributed by atoms with E-state index in [1.807, 2.05) is 0 Å². The molecule has 0 aliphatic carbocycles. The standard InChI is InChI=1S/C28H43N/c1-9-25(21-23(4)15-16-27(6,7)8)24(5)29-19-17-28(18-20-29,22(2)3)26-13-11-10-12-14-26/h10-15,25H,2,5,9,16-21H2,1,3-4,6-8H3/b23-15+/t25-/m0/s1. The molecule has 2 rings (SSSR count). The van der Waals surface area contributed by atoms with E-state index in [-0.39, 0.29) is 5.41 Å². The van der Waals surface area contributed by atoms with Gasteiger partial charge in [-0.15, -0.1) is 0 Å². The molecule has 1 aliphatic heterocycles. The Morgan fingerprint density at radius 3 is 2.17 bits per heavy atom. The van der Waals surface area contributed by atoms with Gasteiger partial charge >= 0.3 is 0 Å². The summed E-state index contributed by atoms with van der Waals surface area (Å²) in [5, 5.41) is 0. The highest BCUT2D eigenvalue weighted by Crippen LogP contribution is 2.42. The van der Waals surface area contributed by atoms with Crippen LogP contribution in [0.3, 0.4) is 0 Å². The van der Waals surface area contributed by atoms with Crippen molar-refractivity contribution < 1.29 is 0 Å². The second kappa shape index (κ2) is 9.83. The van der Waals surface area contributed by atoms with Crippen molar-refractivity contribution in [2.75, 3.05) is 13.1 Å². The molecule has 0 saturated carbocycles. The van der Waals surface area contributed by atoms with Crippen LogP contribution in [0.1, 0.15) is 79.2 Å². The fourth-order valence-electron chi connectivity index (χ4n) is 4.60.